The maximum Gasteiger partial charge on any atom is 0.316 e. The van der Waals surface area contributed by atoms with Crippen molar-refractivity contribution < 1.29 is 19.4 Å². The van der Waals surface area contributed by atoms with Gasteiger partial charge in [0.2, 0.25) is 0 Å². The molecule has 1 aliphatic rings. The summed E-state index contributed by atoms with van der Waals surface area (Å²) < 4.78 is 4.78. The van der Waals surface area contributed by atoms with Gasteiger partial charge in [-0.3, -0.25) is 9.59 Å². The fourth-order valence-corrected chi connectivity index (χ4v) is 1.71. The van der Waals surface area contributed by atoms with E-state index in [-0.39, 0.29) is 24.9 Å². The van der Waals surface area contributed by atoms with Crippen LogP contribution in [0.2, 0.25) is 0 Å². The molecule has 4 heteroatoms. The lowest BCUT2D eigenvalue weighted by molar-refractivity contribution is -0.145. The van der Waals surface area contributed by atoms with Crippen LogP contribution in [-0.2, 0) is 14.3 Å². The Morgan fingerprint density at radius 2 is 2.27 bits per heavy atom. The average molecular weight is 214 g/mol. The zero-order valence-electron chi connectivity index (χ0n) is 9.23. The topological polar surface area (TPSA) is 63.6 Å². The SMILES string of the molecule is CC(C)CCC(=O)C1C(=O)OC[C@H]1CO. The molecule has 0 aliphatic carbocycles. The molecule has 0 radical (unpaired) electrons. The zero-order chi connectivity index (χ0) is 11.4. The van der Waals surface area contributed by atoms with E-state index < -0.39 is 11.9 Å². The fourth-order valence-electron chi connectivity index (χ4n) is 1.71. The van der Waals surface area contributed by atoms with Gasteiger partial charge in [-0.05, 0) is 12.3 Å². The molecule has 0 aromatic heterocycles. The monoisotopic (exact) mass is 214 g/mol. The molecular weight excluding hydrogens is 196 g/mol. The Bertz CT molecular complexity index is 247. The number of Topliss-reactive ketones (excluding diaryl/α,β-unsaturated/α-hetero) is 1. The number of ether oxygens (including phenoxy) is 1. The molecule has 2 atom stereocenters. The number of cyclic esters (lactones) is 1. The Morgan fingerprint density at radius 3 is 2.80 bits per heavy atom. The third-order valence-corrected chi connectivity index (χ3v) is 2.71. The molecule has 86 valence electrons. The minimum Gasteiger partial charge on any atom is -0.465 e. The summed E-state index contributed by atoms with van der Waals surface area (Å²) in [5.41, 5.74) is 0. The molecule has 0 saturated carbocycles. The summed E-state index contributed by atoms with van der Waals surface area (Å²) in [5, 5.41) is 9.00. The molecule has 1 N–H and O–H groups in total. The lowest BCUT2D eigenvalue weighted by Gasteiger charge is -2.11. The van der Waals surface area contributed by atoms with Crippen LogP contribution in [0.1, 0.15) is 26.7 Å². The Labute approximate surface area is 89.6 Å². The number of carbonyl (C=O) groups excluding carboxylic acids is 2. The summed E-state index contributed by atoms with van der Waals surface area (Å²) in [5.74, 6) is -1.18. The van der Waals surface area contributed by atoms with Crippen molar-refractivity contribution in [2.24, 2.45) is 17.8 Å². The van der Waals surface area contributed by atoms with Gasteiger partial charge in [-0.15, -0.1) is 0 Å². The Hall–Kier alpha value is -0.900. The van der Waals surface area contributed by atoms with Gasteiger partial charge in [-0.25, -0.2) is 0 Å². The lowest BCUT2D eigenvalue weighted by atomic mass is 9.88. The van der Waals surface area contributed by atoms with Crippen LogP contribution in [0.25, 0.3) is 0 Å². The first kappa shape index (κ1) is 12.2. The van der Waals surface area contributed by atoms with Gasteiger partial charge in [-0.1, -0.05) is 13.8 Å². The molecule has 15 heavy (non-hydrogen) atoms. The van der Waals surface area contributed by atoms with Crippen LogP contribution in [0.5, 0.6) is 0 Å². The number of rotatable bonds is 5. The van der Waals surface area contributed by atoms with Crippen molar-refractivity contribution in [3.63, 3.8) is 0 Å². The van der Waals surface area contributed by atoms with Crippen molar-refractivity contribution in [3.05, 3.63) is 0 Å². The van der Waals surface area contributed by atoms with Gasteiger partial charge in [0.25, 0.3) is 0 Å². The van der Waals surface area contributed by atoms with Gasteiger partial charge in [0.1, 0.15) is 11.7 Å². The molecule has 0 amide bonds. The Balaban J connectivity index is 2.53. The highest BCUT2D eigenvalue weighted by atomic mass is 16.5. The van der Waals surface area contributed by atoms with Crippen molar-refractivity contribution in [2.45, 2.75) is 26.7 Å². The summed E-state index contributed by atoms with van der Waals surface area (Å²) in [6, 6.07) is 0. The molecule has 4 nitrogen and oxygen atoms in total. The Kier molecular flexibility index (Phi) is 4.27. The summed E-state index contributed by atoms with van der Waals surface area (Å²) in [6.07, 6.45) is 1.18. The third kappa shape index (κ3) is 3.02. The molecule has 1 rings (SSSR count). The number of hydrogen-bond donors (Lipinski definition) is 1. The van der Waals surface area contributed by atoms with Crippen LogP contribution in [0.3, 0.4) is 0 Å². The third-order valence-electron chi connectivity index (χ3n) is 2.71. The van der Waals surface area contributed by atoms with Crippen LogP contribution in [0.15, 0.2) is 0 Å². The van der Waals surface area contributed by atoms with Crippen LogP contribution >= 0.6 is 0 Å². The first-order valence-electron chi connectivity index (χ1n) is 5.36. The number of hydrogen-bond acceptors (Lipinski definition) is 4. The van der Waals surface area contributed by atoms with E-state index in [0.717, 1.165) is 6.42 Å². The van der Waals surface area contributed by atoms with E-state index in [4.69, 9.17) is 9.84 Å². The highest BCUT2D eigenvalue weighted by Crippen LogP contribution is 2.24. The van der Waals surface area contributed by atoms with Crippen LogP contribution in [-0.4, -0.2) is 30.1 Å². The first-order valence-corrected chi connectivity index (χ1v) is 5.36. The normalized spacial score (nSPS) is 25.7. The molecule has 0 aromatic rings. The summed E-state index contributed by atoms with van der Waals surface area (Å²) in [6.45, 7) is 4.07. The number of ketones is 1. The van der Waals surface area contributed by atoms with E-state index in [1.54, 1.807) is 0 Å². The van der Waals surface area contributed by atoms with E-state index in [1.807, 2.05) is 13.8 Å². The van der Waals surface area contributed by atoms with E-state index in [1.165, 1.54) is 0 Å². The smallest absolute Gasteiger partial charge is 0.316 e. The van der Waals surface area contributed by atoms with E-state index in [9.17, 15) is 9.59 Å². The van der Waals surface area contributed by atoms with Crippen molar-refractivity contribution in [3.8, 4) is 0 Å². The maximum atomic E-state index is 11.7. The van der Waals surface area contributed by atoms with E-state index >= 15 is 0 Å². The first-order chi connectivity index (χ1) is 7.06. The summed E-state index contributed by atoms with van der Waals surface area (Å²) in [7, 11) is 0. The summed E-state index contributed by atoms with van der Waals surface area (Å²) in [4.78, 5) is 23.0. The van der Waals surface area contributed by atoms with Crippen molar-refractivity contribution >= 4 is 11.8 Å². The fraction of sp³-hybridized carbons (Fsp3) is 0.818. The average Bonchev–Trinajstić information content (AvgIpc) is 2.56. The second-order valence-corrected chi connectivity index (χ2v) is 4.45. The largest absolute Gasteiger partial charge is 0.465 e. The maximum absolute atomic E-state index is 11.7. The predicted molar refractivity (Wildman–Crippen MR) is 54.1 cm³/mol. The molecule has 1 saturated heterocycles. The molecule has 1 heterocycles. The van der Waals surface area contributed by atoms with Crippen LogP contribution in [0.4, 0.5) is 0 Å². The highest BCUT2D eigenvalue weighted by Gasteiger charge is 2.41. The number of carbonyl (C=O) groups is 2. The van der Waals surface area contributed by atoms with E-state index in [2.05, 4.69) is 0 Å². The van der Waals surface area contributed by atoms with E-state index in [0.29, 0.717) is 12.3 Å². The minimum atomic E-state index is -0.728. The van der Waals surface area contributed by atoms with Crippen LogP contribution in [0, 0.1) is 17.8 Å². The Morgan fingerprint density at radius 1 is 1.60 bits per heavy atom. The van der Waals surface area contributed by atoms with Gasteiger partial charge in [-0.2, -0.15) is 0 Å². The molecule has 1 aliphatic heterocycles. The molecule has 1 fully saturated rings. The quantitative estimate of drug-likeness (QED) is 0.542. The zero-order valence-corrected chi connectivity index (χ0v) is 9.23. The number of aliphatic hydroxyl groups excluding tert-OH is 1. The van der Waals surface area contributed by atoms with Gasteiger partial charge in [0.05, 0.1) is 13.2 Å². The van der Waals surface area contributed by atoms with Crippen LogP contribution < -0.4 is 0 Å². The molecule has 0 spiro atoms. The van der Waals surface area contributed by atoms with Crippen molar-refractivity contribution in [1.29, 1.82) is 0 Å². The van der Waals surface area contributed by atoms with Gasteiger partial charge < -0.3 is 9.84 Å². The summed E-state index contributed by atoms with van der Waals surface area (Å²) >= 11 is 0. The van der Waals surface area contributed by atoms with Gasteiger partial charge >= 0.3 is 5.97 Å². The predicted octanol–water partition coefficient (Wildman–Crippen LogP) is 0.773. The minimum absolute atomic E-state index is 0.0924. The second-order valence-electron chi connectivity index (χ2n) is 4.45. The van der Waals surface area contributed by atoms with Crippen molar-refractivity contribution in [2.75, 3.05) is 13.2 Å². The molecular formula is C11H18O4. The lowest BCUT2D eigenvalue weighted by Crippen LogP contribution is -2.27. The standard InChI is InChI=1S/C11H18O4/c1-7(2)3-4-9(13)10-8(5-12)6-15-11(10)14/h7-8,10,12H,3-6H2,1-2H3/t8-,10?/m1/s1. The van der Waals surface area contributed by atoms with Gasteiger partial charge in [0.15, 0.2) is 0 Å². The second kappa shape index (κ2) is 5.26. The number of esters is 1. The van der Waals surface area contributed by atoms with Crippen molar-refractivity contribution in [1.82, 2.24) is 0 Å². The highest BCUT2D eigenvalue weighted by molar-refractivity contribution is 6.00. The number of aliphatic hydroxyl groups is 1. The molecule has 0 aromatic carbocycles. The molecule has 0 bridgehead atoms. The van der Waals surface area contributed by atoms with Gasteiger partial charge in [0, 0.05) is 12.3 Å². The molecule has 1 unspecified atom stereocenters.